The van der Waals surface area contributed by atoms with Crippen LogP contribution >= 0.6 is 0 Å². The average molecular weight is 401 g/mol. The predicted molar refractivity (Wildman–Crippen MR) is 122 cm³/mol. The molecule has 0 aromatic carbocycles. The van der Waals surface area contributed by atoms with Gasteiger partial charge in [-0.15, -0.1) is 0 Å². The number of hydrogen-bond acceptors (Lipinski definition) is 1. The van der Waals surface area contributed by atoms with Crippen LogP contribution < -0.4 is 0 Å². The van der Waals surface area contributed by atoms with Gasteiger partial charge in [-0.25, -0.2) is 0 Å². The maximum absolute atomic E-state index is 10.3. The lowest BCUT2D eigenvalue weighted by molar-refractivity contribution is -0.133. The Kier molecular flexibility index (Phi) is 4.83. The molecule has 1 nitrogen and oxygen atoms in total. The van der Waals surface area contributed by atoms with Crippen molar-refractivity contribution in [3.8, 4) is 0 Å². The van der Waals surface area contributed by atoms with Crippen LogP contribution in [-0.4, -0.2) is 11.2 Å². The van der Waals surface area contributed by atoms with Crippen LogP contribution in [0.2, 0.25) is 0 Å². The van der Waals surface area contributed by atoms with E-state index in [4.69, 9.17) is 0 Å². The minimum Gasteiger partial charge on any atom is -0.393 e. The van der Waals surface area contributed by atoms with E-state index in [2.05, 4.69) is 34.6 Å². The van der Waals surface area contributed by atoms with E-state index in [0.717, 1.165) is 42.4 Å². The molecule has 0 aliphatic heterocycles. The van der Waals surface area contributed by atoms with Crippen molar-refractivity contribution in [2.24, 2.45) is 51.2 Å². The van der Waals surface area contributed by atoms with Crippen LogP contribution in [0.4, 0.5) is 0 Å². The van der Waals surface area contributed by atoms with Crippen LogP contribution in [0.25, 0.3) is 0 Å². The molecule has 0 aromatic heterocycles. The molecule has 0 heterocycles. The molecular formula is C28H48O. The summed E-state index contributed by atoms with van der Waals surface area (Å²) >= 11 is 0. The minimum absolute atomic E-state index is 0.00631. The van der Waals surface area contributed by atoms with E-state index in [1.54, 1.807) is 0 Å². The summed E-state index contributed by atoms with van der Waals surface area (Å²) in [5.41, 5.74) is 2.48. The summed E-state index contributed by atoms with van der Waals surface area (Å²) in [4.78, 5) is 0. The van der Waals surface area contributed by atoms with Gasteiger partial charge in [0.1, 0.15) is 0 Å². The van der Waals surface area contributed by atoms with Crippen molar-refractivity contribution in [1.82, 2.24) is 0 Å². The monoisotopic (exact) mass is 400 g/mol. The highest BCUT2D eigenvalue weighted by Gasteiger charge is 2.80. The van der Waals surface area contributed by atoms with E-state index in [1.165, 1.54) is 70.6 Å². The summed E-state index contributed by atoms with van der Waals surface area (Å²) in [5, 5.41) is 10.3. The molecule has 0 radical (unpaired) electrons. The van der Waals surface area contributed by atoms with Crippen LogP contribution in [0.1, 0.15) is 118 Å². The van der Waals surface area contributed by atoms with E-state index in [-0.39, 0.29) is 6.10 Å². The quantitative estimate of drug-likeness (QED) is 0.503. The first-order valence-electron chi connectivity index (χ1n) is 13.4. The maximum atomic E-state index is 10.3. The Labute approximate surface area is 180 Å². The molecule has 5 fully saturated rings. The molecule has 0 bridgehead atoms. The maximum Gasteiger partial charge on any atom is 0.0543 e. The third-order valence-corrected chi connectivity index (χ3v) is 12.3. The molecule has 5 saturated carbocycles. The van der Waals surface area contributed by atoms with E-state index >= 15 is 0 Å². The Balaban J connectivity index is 1.36. The smallest absolute Gasteiger partial charge is 0.0543 e. The van der Waals surface area contributed by atoms with Crippen molar-refractivity contribution < 1.29 is 5.11 Å². The molecular weight excluding hydrogens is 352 g/mol. The standard InChI is InChI=1S/C28H48O/c1-19(2)7-6-8-20(3)23-12-13-26(5)24-10-9-21-17-22(29)11-14-27(21)18-28(24,27)16-15-25(23,26)4/h19-24,29H,6-18H2,1-5H3/t20-,21+,22+,23-,24+,25-,26+,27-,28-/m1/s1. The largest absolute Gasteiger partial charge is 0.393 e. The second kappa shape index (κ2) is 6.73. The molecule has 5 aliphatic rings. The summed E-state index contributed by atoms with van der Waals surface area (Å²) in [5.74, 6) is 4.55. The highest BCUT2D eigenvalue weighted by molar-refractivity contribution is 5.29. The number of aliphatic hydroxyl groups is 1. The van der Waals surface area contributed by atoms with Gasteiger partial charge >= 0.3 is 0 Å². The molecule has 5 rings (SSSR count). The summed E-state index contributed by atoms with van der Waals surface area (Å²) in [6, 6.07) is 0. The summed E-state index contributed by atoms with van der Waals surface area (Å²) < 4.78 is 0. The van der Waals surface area contributed by atoms with E-state index in [1.807, 2.05) is 0 Å². The van der Waals surface area contributed by atoms with Crippen molar-refractivity contribution in [1.29, 1.82) is 0 Å². The Morgan fingerprint density at radius 3 is 2.38 bits per heavy atom. The fourth-order valence-electron chi connectivity index (χ4n) is 10.6. The van der Waals surface area contributed by atoms with Crippen LogP contribution in [0.3, 0.4) is 0 Å². The van der Waals surface area contributed by atoms with Gasteiger partial charge in [0.2, 0.25) is 0 Å². The van der Waals surface area contributed by atoms with Gasteiger partial charge in [0.15, 0.2) is 0 Å². The lowest BCUT2D eigenvalue weighted by Gasteiger charge is -2.61. The molecule has 29 heavy (non-hydrogen) atoms. The molecule has 0 amide bonds. The van der Waals surface area contributed by atoms with Crippen LogP contribution in [0, 0.1) is 51.2 Å². The molecule has 1 heteroatoms. The Morgan fingerprint density at radius 2 is 1.62 bits per heavy atom. The first-order valence-corrected chi connectivity index (χ1v) is 13.4. The fraction of sp³-hybridized carbons (Fsp3) is 1.00. The molecule has 0 unspecified atom stereocenters. The Hall–Kier alpha value is -0.0400. The first-order chi connectivity index (χ1) is 13.7. The summed E-state index contributed by atoms with van der Waals surface area (Å²) in [7, 11) is 0. The zero-order valence-electron chi connectivity index (χ0n) is 20.1. The normalized spacial score (nSPS) is 54.3. The lowest BCUT2D eigenvalue weighted by atomic mass is 9.43. The topological polar surface area (TPSA) is 20.2 Å². The Bertz CT molecular complexity index is 640. The van der Waals surface area contributed by atoms with Gasteiger partial charge in [0.25, 0.3) is 0 Å². The first kappa shape index (κ1) is 20.8. The highest BCUT2D eigenvalue weighted by atomic mass is 16.3. The van der Waals surface area contributed by atoms with Gasteiger partial charge in [-0.2, -0.15) is 0 Å². The van der Waals surface area contributed by atoms with Crippen molar-refractivity contribution in [2.75, 3.05) is 0 Å². The lowest BCUT2D eigenvalue weighted by Crippen LogP contribution is -2.55. The van der Waals surface area contributed by atoms with Gasteiger partial charge in [0.05, 0.1) is 6.10 Å². The Morgan fingerprint density at radius 1 is 0.828 bits per heavy atom. The third kappa shape index (κ3) is 2.67. The van der Waals surface area contributed by atoms with Crippen molar-refractivity contribution in [3.63, 3.8) is 0 Å². The molecule has 0 aromatic rings. The average Bonchev–Trinajstić information content (AvgIpc) is 3.24. The SMILES string of the molecule is CC(C)CCC[C@@H](C)[C@H]1CC[C@@]2(C)[C@@H]3CC[C@H]4C[C@@H](O)CC[C@@]45C[C@]35CC[C@]12C. The fourth-order valence-corrected chi connectivity index (χ4v) is 10.6. The van der Waals surface area contributed by atoms with Gasteiger partial charge in [0, 0.05) is 0 Å². The zero-order chi connectivity index (χ0) is 20.7. The van der Waals surface area contributed by atoms with Gasteiger partial charge in [-0.3, -0.25) is 0 Å². The molecule has 0 saturated heterocycles. The number of hydrogen-bond donors (Lipinski definition) is 1. The minimum atomic E-state index is 0.00631. The van der Waals surface area contributed by atoms with Crippen LogP contribution in [-0.2, 0) is 0 Å². The van der Waals surface area contributed by atoms with E-state index in [0.29, 0.717) is 21.7 Å². The summed E-state index contributed by atoms with van der Waals surface area (Å²) in [6.07, 6.45) is 18.3. The molecule has 166 valence electrons. The number of fused-ring (bicyclic) bond motifs is 2. The highest BCUT2D eigenvalue weighted by Crippen LogP contribution is 2.87. The van der Waals surface area contributed by atoms with Crippen molar-refractivity contribution >= 4 is 0 Å². The van der Waals surface area contributed by atoms with Crippen molar-refractivity contribution in [3.05, 3.63) is 0 Å². The summed E-state index contributed by atoms with van der Waals surface area (Å²) in [6.45, 7) is 12.9. The van der Waals surface area contributed by atoms with E-state index < -0.39 is 0 Å². The van der Waals surface area contributed by atoms with Crippen LogP contribution in [0.15, 0.2) is 0 Å². The molecule has 2 spiro atoms. The number of rotatable bonds is 5. The molecule has 1 N–H and O–H groups in total. The van der Waals surface area contributed by atoms with Crippen LogP contribution in [0.5, 0.6) is 0 Å². The third-order valence-electron chi connectivity index (χ3n) is 12.3. The molecule has 5 aliphatic carbocycles. The number of aliphatic hydroxyl groups excluding tert-OH is 1. The zero-order valence-corrected chi connectivity index (χ0v) is 20.1. The van der Waals surface area contributed by atoms with Gasteiger partial charge in [-0.1, -0.05) is 53.9 Å². The second-order valence-electron chi connectivity index (χ2n) is 13.5. The van der Waals surface area contributed by atoms with Gasteiger partial charge < -0.3 is 5.11 Å². The second-order valence-corrected chi connectivity index (χ2v) is 13.5. The van der Waals surface area contributed by atoms with Gasteiger partial charge in [-0.05, 0) is 115 Å². The molecule has 9 atom stereocenters. The predicted octanol–water partition coefficient (Wildman–Crippen LogP) is 7.61. The van der Waals surface area contributed by atoms with E-state index in [9.17, 15) is 5.11 Å². The van der Waals surface area contributed by atoms with Crippen molar-refractivity contribution in [2.45, 2.75) is 124 Å².